The van der Waals surface area contributed by atoms with E-state index in [1.165, 1.54) is 0 Å². The molecule has 108 valence electrons. The van der Waals surface area contributed by atoms with Gasteiger partial charge in [-0.1, -0.05) is 0 Å². The Morgan fingerprint density at radius 1 is 1.33 bits per heavy atom. The Labute approximate surface area is 106 Å². The maximum Gasteiger partial charge on any atom is 0.401 e. The molecule has 18 heavy (non-hydrogen) atoms. The zero-order chi connectivity index (χ0) is 14.3. The number of likely N-dealkylation sites (N-methyl/N-ethyl adjacent to an activating group) is 2. The molecule has 0 aromatic carbocycles. The molecule has 1 N–H and O–H groups in total. The molecule has 0 aliphatic carbocycles. The van der Waals surface area contributed by atoms with Crippen molar-refractivity contribution in [3.63, 3.8) is 0 Å². The number of amides is 1. The van der Waals surface area contributed by atoms with Gasteiger partial charge in [0.15, 0.2) is 0 Å². The van der Waals surface area contributed by atoms with Crippen molar-refractivity contribution in [1.82, 2.24) is 15.1 Å². The summed E-state index contributed by atoms with van der Waals surface area (Å²) in [6.45, 7) is 3.43. The summed E-state index contributed by atoms with van der Waals surface area (Å²) >= 11 is 0. The maximum absolute atomic E-state index is 11.9. The monoisotopic (exact) mass is 269 g/mol. The molecule has 1 unspecified atom stereocenters. The molecule has 0 aliphatic heterocycles. The van der Waals surface area contributed by atoms with Crippen LogP contribution in [0.15, 0.2) is 0 Å². The van der Waals surface area contributed by atoms with Gasteiger partial charge in [-0.3, -0.25) is 4.79 Å². The molecule has 0 heterocycles. The quantitative estimate of drug-likeness (QED) is 0.747. The van der Waals surface area contributed by atoms with Gasteiger partial charge in [-0.15, -0.1) is 0 Å². The lowest BCUT2D eigenvalue weighted by Crippen LogP contribution is -2.47. The van der Waals surface area contributed by atoms with E-state index in [9.17, 15) is 18.0 Å². The Balaban J connectivity index is 4.19. The molecular weight excluding hydrogens is 247 g/mol. The van der Waals surface area contributed by atoms with E-state index in [1.54, 1.807) is 4.90 Å². The van der Waals surface area contributed by atoms with Gasteiger partial charge < -0.3 is 15.1 Å². The minimum atomic E-state index is -4.29. The van der Waals surface area contributed by atoms with Crippen LogP contribution in [0.25, 0.3) is 0 Å². The van der Waals surface area contributed by atoms with E-state index >= 15 is 0 Å². The van der Waals surface area contributed by atoms with Gasteiger partial charge in [0.2, 0.25) is 5.91 Å². The first-order chi connectivity index (χ1) is 8.17. The summed E-state index contributed by atoms with van der Waals surface area (Å²) < 4.78 is 35.8. The van der Waals surface area contributed by atoms with E-state index in [1.807, 2.05) is 32.8 Å². The van der Waals surface area contributed by atoms with Crippen LogP contribution < -0.4 is 5.32 Å². The van der Waals surface area contributed by atoms with Crippen molar-refractivity contribution in [2.75, 3.05) is 40.3 Å². The molecule has 0 saturated heterocycles. The van der Waals surface area contributed by atoms with Crippen molar-refractivity contribution in [3.8, 4) is 0 Å². The van der Waals surface area contributed by atoms with E-state index in [0.29, 0.717) is 13.1 Å². The highest BCUT2D eigenvalue weighted by Crippen LogP contribution is 2.12. The Morgan fingerprint density at radius 3 is 2.28 bits per heavy atom. The van der Waals surface area contributed by atoms with Gasteiger partial charge in [0.05, 0.1) is 13.1 Å². The second-order valence-electron chi connectivity index (χ2n) is 4.51. The van der Waals surface area contributed by atoms with Gasteiger partial charge in [-0.2, -0.15) is 13.2 Å². The third-order valence-electron chi connectivity index (χ3n) is 2.42. The zero-order valence-corrected chi connectivity index (χ0v) is 11.3. The number of hydrogen-bond donors (Lipinski definition) is 1. The second kappa shape index (κ2) is 7.58. The number of carbonyl (C=O) groups excluding carboxylic acids is 1. The summed E-state index contributed by atoms with van der Waals surface area (Å²) in [5, 5.41) is 2.12. The molecule has 0 radical (unpaired) electrons. The van der Waals surface area contributed by atoms with Gasteiger partial charge >= 0.3 is 6.18 Å². The van der Waals surface area contributed by atoms with Gasteiger partial charge in [0.1, 0.15) is 0 Å². The first-order valence-electron chi connectivity index (χ1n) is 5.89. The van der Waals surface area contributed by atoms with Crippen molar-refractivity contribution in [1.29, 1.82) is 0 Å². The maximum atomic E-state index is 11.9. The summed E-state index contributed by atoms with van der Waals surface area (Å²) in [6.07, 6.45) is -4.29. The summed E-state index contributed by atoms with van der Waals surface area (Å²) in [4.78, 5) is 15.3. The summed E-state index contributed by atoms with van der Waals surface area (Å²) in [6, 6.07) is -0.0230. The van der Waals surface area contributed by atoms with Gasteiger partial charge in [0, 0.05) is 19.1 Å². The number of alkyl halides is 3. The molecule has 7 heteroatoms. The van der Waals surface area contributed by atoms with Crippen LogP contribution in [0.5, 0.6) is 0 Å². The first kappa shape index (κ1) is 17.2. The van der Waals surface area contributed by atoms with E-state index in [4.69, 9.17) is 0 Å². The van der Waals surface area contributed by atoms with E-state index in [0.717, 1.165) is 0 Å². The Bertz CT molecular complexity index is 256. The molecule has 0 aliphatic rings. The smallest absolute Gasteiger partial charge is 0.338 e. The number of carbonyl (C=O) groups is 1. The lowest BCUT2D eigenvalue weighted by Gasteiger charge is -2.30. The Hall–Kier alpha value is -0.820. The molecule has 1 amide bonds. The average molecular weight is 269 g/mol. The topological polar surface area (TPSA) is 35.6 Å². The first-order valence-corrected chi connectivity index (χ1v) is 5.89. The van der Waals surface area contributed by atoms with Gasteiger partial charge in [0.25, 0.3) is 0 Å². The summed E-state index contributed by atoms with van der Waals surface area (Å²) in [5.74, 6) is -0.309. The largest absolute Gasteiger partial charge is 0.401 e. The predicted molar refractivity (Wildman–Crippen MR) is 64.3 cm³/mol. The van der Waals surface area contributed by atoms with Crippen LogP contribution in [0, 0.1) is 0 Å². The molecule has 4 nitrogen and oxygen atoms in total. The third-order valence-corrected chi connectivity index (χ3v) is 2.42. The van der Waals surface area contributed by atoms with E-state index in [-0.39, 0.29) is 18.5 Å². The standard InChI is InChI=1S/C11H22F3N3O/c1-5-17(9(2)7-16(3)4)10(18)6-15-8-11(12,13)14/h9,15H,5-8H2,1-4H3. The summed E-state index contributed by atoms with van der Waals surface area (Å²) in [5.41, 5.74) is 0. The number of nitrogens with one attached hydrogen (secondary N) is 1. The highest BCUT2D eigenvalue weighted by Gasteiger charge is 2.27. The Morgan fingerprint density at radius 2 is 1.89 bits per heavy atom. The molecule has 0 aromatic rings. The fraction of sp³-hybridized carbons (Fsp3) is 0.909. The lowest BCUT2D eigenvalue weighted by atomic mass is 10.2. The van der Waals surface area contributed by atoms with E-state index in [2.05, 4.69) is 5.32 Å². The second-order valence-corrected chi connectivity index (χ2v) is 4.51. The number of halogens is 3. The van der Waals surface area contributed by atoms with Crippen molar-refractivity contribution in [3.05, 3.63) is 0 Å². The molecule has 0 spiro atoms. The predicted octanol–water partition coefficient (Wildman–Crippen LogP) is 0.937. The molecule has 0 bridgehead atoms. The van der Waals surface area contributed by atoms with Crippen molar-refractivity contribution >= 4 is 5.91 Å². The minimum absolute atomic E-state index is 0.0230. The average Bonchev–Trinajstić information content (AvgIpc) is 2.15. The third kappa shape index (κ3) is 7.50. The zero-order valence-electron chi connectivity index (χ0n) is 11.3. The molecular formula is C11H22F3N3O. The van der Waals surface area contributed by atoms with Crippen LogP contribution in [-0.4, -0.2) is 68.2 Å². The van der Waals surface area contributed by atoms with Gasteiger partial charge in [-0.05, 0) is 27.9 Å². The van der Waals surface area contributed by atoms with Crippen LogP contribution in [0.4, 0.5) is 13.2 Å². The Kier molecular flexibility index (Phi) is 7.23. The van der Waals surface area contributed by atoms with Crippen molar-refractivity contribution in [2.24, 2.45) is 0 Å². The number of hydrogen-bond acceptors (Lipinski definition) is 3. The molecule has 0 rings (SSSR count). The lowest BCUT2D eigenvalue weighted by molar-refractivity contribution is -0.135. The SMILES string of the molecule is CCN(C(=O)CNCC(F)(F)F)C(C)CN(C)C. The molecule has 0 fully saturated rings. The fourth-order valence-corrected chi connectivity index (χ4v) is 1.77. The van der Waals surface area contributed by atoms with Crippen LogP contribution in [-0.2, 0) is 4.79 Å². The van der Waals surface area contributed by atoms with Gasteiger partial charge in [-0.25, -0.2) is 0 Å². The van der Waals surface area contributed by atoms with Crippen LogP contribution in [0.2, 0.25) is 0 Å². The highest BCUT2D eigenvalue weighted by atomic mass is 19.4. The van der Waals surface area contributed by atoms with Crippen LogP contribution >= 0.6 is 0 Å². The van der Waals surface area contributed by atoms with Crippen molar-refractivity contribution in [2.45, 2.75) is 26.1 Å². The molecule has 1 atom stereocenters. The number of nitrogens with zero attached hydrogens (tertiary/aromatic N) is 2. The highest BCUT2D eigenvalue weighted by molar-refractivity contribution is 5.78. The normalized spacial score (nSPS) is 13.8. The number of rotatable bonds is 7. The van der Waals surface area contributed by atoms with Crippen LogP contribution in [0.1, 0.15) is 13.8 Å². The summed E-state index contributed by atoms with van der Waals surface area (Å²) in [7, 11) is 3.77. The molecule has 0 saturated carbocycles. The molecule has 0 aromatic heterocycles. The minimum Gasteiger partial charge on any atom is -0.338 e. The van der Waals surface area contributed by atoms with Crippen LogP contribution in [0.3, 0.4) is 0 Å². The van der Waals surface area contributed by atoms with Crippen molar-refractivity contribution < 1.29 is 18.0 Å². The van der Waals surface area contributed by atoms with E-state index < -0.39 is 12.7 Å². The fourth-order valence-electron chi connectivity index (χ4n) is 1.77.